The maximum absolute atomic E-state index is 13.5. The predicted octanol–water partition coefficient (Wildman–Crippen LogP) is 5.43. The molecule has 37 heavy (non-hydrogen) atoms. The van der Waals surface area contributed by atoms with Crippen LogP contribution in [0.3, 0.4) is 0 Å². The van der Waals surface area contributed by atoms with Crippen molar-refractivity contribution < 1.29 is 23.5 Å². The Bertz CT molecular complexity index is 1190. The zero-order valence-corrected chi connectivity index (χ0v) is 22.5. The summed E-state index contributed by atoms with van der Waals surface area (Å²) in [6.45, 7) is 8.45. The van der Waals surface area contributed by atoms with E-state index in [-0.39, 0.29) is 24.5 Å². The number of benzene rings is 2. The summed E-state index contributed by atoms with van der Waals surface area (Å²) in [6.07, 6.45) is 2.19. The highest BCUT2D eigenvalue weighted by Gasteiger charge is 2.25. The molecule has 3 rings (SSSR count). The molecule has 0 aliphatic rings. The van der Waals surface area contributed by atoms with E-state index in [2.05, 4.69) is 5.32 Å². The van der Waals surface area contributed by atoms with Gasteiger partial charge in [0.25, 0.3) is 0 Å². The lowest BCUT2D eigenvalue weighted by atomic mass is 10.1. The summed E-state index contributed by atoms with van der Waals surface area (Å²) in [5.41, 5.74) is 3.82. The molecule has 0 bridgehead atoms. The van der Waals surface area contributed by atoms with E-state index in [0.29, 0.717) is 36.8 Å². The van der Waals surface area contributed by atoms with Gasteiger partial charge in [0.2, 0.25) is 5.91 Å². The highest BCUT2D eigenvalue weighted by Crippen LogP contribution is 2.28. The molecule has 2 aromatic carbocycles. The van der Waals surface area contributed by atoms with Crippen LogP contribution in [0.25, 0.3) is 0 Å². The third kappa shape index (κ3) is 7.52. The van der Waals surface area contributed by atoms with Gasteiger partial charge in [0.1, 0.15) is 12.3 Å². The molecule has 8 heteroatoms. The number of hydrogen-bond acceptors (Lipinski definition) is 5. The molecule has 1 heterocycles. The lowest BCUT2D eigenvalue weighted by molar-refractivity contribution is -0.133. The molecular formula is C29H37N3O5. The first-order valence-electron chi connectivity index (χ1n) is 12.4. The van der Waals surface area contributed by atoms with Gasteiger partial charge in [-0.2, -0.15) is 0 Å². The van der Waals surface area contributed by atoms with Gasteiger partial charge >= 0.3 is 6.03 Å². The molecule has 1 aromatic heterocycles. The van der Waals surface area contributed by atoms with Crippen molar-refractivity contribution in [3.63, 3.8) is 0 Å². The number of ether oxygens (including phenoxy) is 2. The average molecular weight is 508 g/mol. The topological polar surface area (TPSA) is 84.2 Å². The van der Waals surface area contributed by atoms with Gasteiger partial charge < -0.3 is 29.0 Å². The predicted molar refractivity (Wildman–Crippen MR) is 144 cm³/mol. The Morgan fingerprint density at radius 2 is 1.76 bits per heavy atom. The van der Waals surface area contributed by atoms with Crippen molar-refractivity contribution in [3.8, 4) is 11.5 Å². The molecule has 0 fully saturated rings. The summed E-state index contributed by atoms with van der Waals surface area (Å²) >= 11 is 0. The molecule has 0 saturated carbocycles. The highest BCUT2D eigenvalue weighted by atomic mass is 16.5. The van der Waals surface area contributed by atoms with Crippen LogP contribution >= 0.6 is 0 Å². The fraction of sp³-hybridized carbons (Fsp3) is 0.379. The number of nitrogens with one attached hydrogen (secondary N) is 1. The quantitative estimate of drug-likeness (QED) is 0.374. The first-order chi connectivity index (χ1) is 17.7. The summed E-state index contributed by atoms with van der Waals surface area (Å²) in [4.78, 5) is 30.0. The summed E-state index contributed by atoms with van der Waals surface area (Å²) in [7, 11) is 3.19. The summed E-state index contributed by atoms with van der Waals surface area (Å²) in [5, 5.41) is 2.96. The van der Waals surface area contributed by atoms with Crippen molar-refractivity contribution in [2.45, 2.75) is 46.7 Å². The number of aryl methyl sites for hydroxylation is 2. The third-order valence-corrected chi connectivity index (χ3v) is 6.21. The normalized spacial score (nSPS) is 10.8. The molecule has 0 aliphatic carbocycles. The largest absolute Gasteiger partial charge is 0.493 e. The minimum Gasteiger partial charge on any atom is -0.493 e. The molecule has 0 unspecified atom stereocenters. The van der Waals surface area contributed by atoms with Gasteiger partial charge in [-0.15, -0.1) is 0 Å². The van der Waals surface area contributed by atoms with E-state index >= 15 is 0 Å². The molecule has 3 aromatic rings. The second-order valence-electron chi connectivity index (χ2n) is 9.30. The van der Waals surface area contributed by atoms with Gasteiger partial charge in [-0.3, -0.25) is 4.79 Å². The molecular weight excluding hydrogens is 470 g/mol. The van der Waals surface area contributed by atoms with E-state index in [9.17, 15) is 9.59 Å². The van der Waals surface area contributed by atoms with Crippen LogP contribution in [0, 0.1) is 13.8 Å². The Morgan fingerprint density at radius 1 is 1.00 bits per heavy atom. The van der Waals surface area contributed by atoms with Crippen molar-refractivity contribution in [3.05, 3.63) is 77.2 Å². The molecule has 0 spiro atoms. The number of rotatable bonds is 11. The first kappa shape index (κ1) is 27.6. The zero-order valence-electron chi connectivity index (χ0n) is 22.5. The molecule has 0 atom stereocenters. The van der Waals surface area contributed by atoms with Crippen LogP contribution in [0.5, 0.6) is 11.5 Å². The summed E-state index contributed by atoms with van der Waals surface area (Å²) < 4.78 is 16.2. The molecule has 0 aliphatic heterocycles. The Balaban J connectivity index is 1.74. The second kappa shape index (κ2) is 12.9. The molecule has 3 amide bonds. The van der Waals surface area contributed by atoms with Gasteiger partial charge in [-0.05, 0) is 75.6 Å². The van der Waals surface area contributed by atoms with Crippen LogP contribution in [-0.4, -0.2) is 55.1 Å². The SMILES string of the molecule is COc1ccc(CCN(Cc2ccco2)C(=O)CN(C(=O)Nc2ccc(C)cc2C)C(C)C)cc1OC. The van der Waals surface area contributed by atoms with Crippen LogP contribution in [0.2, 0.25) is 0 Å². The van der Waals surface area contributed by atoms with E-state index < -0.39 is 0 Å². The first-order valence-corrected chi connectivity index (χ1v) is 12.4. The standard InChI is InChI=1S/C29H37N3O5/c1-20(2)32(29(34)30-25-11-9-21(3)16-22(25)4)19-28(33)31(18-24-8-7-15-37-24)14-13-23-10-12-26(35-5)27(17-23)36-6/h7-12,15-17,20H,13-14,18-19H2,1-6H3,(H,30,34). The number of urea groups is 1. The Labute approximate surface area is 219 Å². The maximum atomic E-state index is 13.5. The monoisotopic (exact) mass is 507 g/mol. The van der Waals surface area contributed by atoms with E-state index in [1.807, 2.05) is 70.2 Å². The Hall–Kier alpha value is -3.94. The van der Waals surface area contributed by atoms with Gasteiger partial charge in [-0.1, -0.05) is 23.8 Å². The molecule has 0 saturated heterocycles. The van der Waals surface area contributed by atoms with Crippen molar-refractivity contribution in [2.75, 3.05) is 32.6 Å². The molecule has 8 nitrogen and oxygen atoms in total. The number of amides is 3. The minimum atomic E-state index is -0.312. The van der Waals surface area contributed by atoms with Gasteiger partial charge in [0, 0.05) is 18.3 Å². The lowest BCUT2D eigenvalue weighted by Crippen LogP contribution is -2.47. The van der Waals surface area contributed by atoms with Gasteiger partial charge in [-0.25, -0.2) is 4.79 Å². The summed E-state index contributed by atoms with van der Waals surface area (Å²) in [6, 6.07) is 14.7. The van der Waals surface area contributed by atoms with Crippen LogP contribution in [0.1, 0.15) is 36.3 Å². The average Bonchev–Trinajstić information content (AvgIpc) is 3.39. The Kier molecular flexibility index (Phi) is 9.60. The summed E-state index contributed by atoms with van der Waals surface area (Å²) in [5.74, 6) is 1.80. The number of anilines is 1. The lowest BCUT2D eigenvalue weighted by Gasteiger charge is -2.30. The third-order valence-electron chi connectivity index (χ3n) is 6.21. The van der Waals surface area contributed by atoms with Crippen LogP contribution in [0.15, 0.2) is 59.2 Å². The van der Waals surface area contributed by atoms with Crippen LogP contribution < -0.4 is 14.8 Å². The Morgan fingerprint density at radius 3 is 2.38 bits per heavy atom. The smallest absolute Gasteiger partial charge is 0.322 e. The van der Waals surface area contributed by atoms with E-state index in [1.165, 1.54) is 0 Å². The molecule has 1 N–H and O–H groups in total. The number of methoxy groups -OCH3 is 2. The zero-order chi connectivity index (χ0) is 26.9. The van der Waals surface area contributed by atoms with E-state index in [0.717, 1.165) is 22.4 Å². The minimum absolute atomic E-state index is 0.0545. The number of carbonyl (C=O) groups excluding carboxylic acids is 2. The second-order valence-corrected chi connectivity index (χ2v) is 9.30. The van der Waals surface area contributed by atoms with Crippen molar-refractivity contribution in [1.82, 2.24) is 9.80 Å². The number of carbonyl (C=O) groups is 2. The van der Waals surface area contributed by atoms with E-state index in [1.54, 1.807) is 36.3 Å². The van der Waals surface area contributed by atoms with Crippen LogP contribution in [0.4, 0.5) is 10.5 Å². The van der Waals surface area contributed by atoms with Gasteiger partial charge in [0.15, 0.2) is 11.5 Å². The van der Waals surface area contributed by atoms with Gasteiger partial charge in [0.05, 0.1) is 27.0 Å². The fourth-order valence-electron chi connectivity index (χ4n) is 4.06. The number of furan rings is 1. The van der Waals surface area contributed by atoms with Crippen molar-refractivity contribution in [1.29, 1.82) is 0 Å². The highest BCUT2D eigenvalue weighted by molar-refractivity contribution is 5.93. The van der Waals surface area contributed by atoms with Crippen molar-refractivity contribution in [2.24, 2.45) is 0 Å². The van der Waals surface area contributed by atoms with E-state index in [4.69, 9.17) is 13.9 Å². The molecule has 0 radical (unpaired) electrons. The number of hydrogen-bond donors (Lipinski definition) is 1. The number of nitrogens with zero attached hydrogens (tertiary/aromatic N) is 2. The van der Waals surface area contributed by atoms with Crippen LogP contribution in [-0.2, 0) is 17.8 Å². The fourth-order valence-corrected chi connectivity index (χ4v) is 4.06. The van der Waals surface area contributed by atoms with Crippen molar-refractivity contribution >= 4 is 17.6 Å². The molecule has 198 valence electrons. The maximum Gasteiger partial charge on any atom is 0.322 e.